The standard InChI is InChI=1S/C17H19NO4S/c1-12(2)13-4-7-15(8-5-13)23(19,20)18(3)14-6-9-16-17(10-14)22-11-21-16/h4-10,12H,11H2,1-3H3. The third kappa shape index (κ3) is 2.86. The number of hydrogen-bond donors (Lipinski definition) is 0. The molecule has 2 aromatic carbocycles. The van der Waals surface area contributed by atoms with Crippen molar-refractivity contribution < 1.29 is 17.9 Å². The molecule has 122 valence electrons. The number of rotatable bonds is 4. The highest BCUT2D eigenvalue weighted by Gasteiger charge is 2.23. The Balaban J connectivity index is 1.92. The van der Waals surface area contributed by atoms with E-state index in [-0.39, 0.29) is 11.7 Å². The van der Waals surface area contributed by atoms with Gasteiger partial charge in [0.1, 0.15) is 0 Å². The van der Waals surface area contributed by atoms with Crippen LogP contribution in [-0.4, -0.2) is 22.3 Å². The molecule has 0 atom stereocenters. The third-order valence-electron chi connectivity index (χ3n) is 3.92. The lowest BCUT2D eigenvalue weighted by Crippen LogP contribution is -2.26. The van der Waals surface area contributed by atoms with Crippen LogP contribution in [-0.2, 0) is 10.0 Å². The van der Waals surface area contributed by atoms with Gasteiger partial charge in [-0.25, -0.2) is 8.42 Å². The zero-order chi connectivity index (χ0) is 16.6. The summed E-state index contributed by atoms with van der Waals surface area (Å²) in [5, 5.41) is 0. The van der Waals surface area contributed by atoms with Crippen molar-refractivity contribution in [1.29, 1.82) is 0 Å². The van der Waals surface area contributed by atoms with Crippen LogP contribution in [0.2, 0.25) is 0 Å². The Hall–Kier alpha value is -2.21. The van der Waals surface area contributed by atoms with Crippen molar-refractivity contribution in [3.63, 3.8) is 0 Å². The van der Waals surface area contributed by atoms with Crippen LogP contribution in [0.25, 0.3) is 0 Å². The summed E-state index contributed by atoms with van der Waals surface area (Å²) in [4.78, 5) is 0.266. The first-order valence-electron chi connectivity index (χ1n) is 7.38. The van der Waals surface area contributed by atoms with Crippen LogP contribution in [0.5, 0.6) is 11.5 Å². The Morgan fingerprint density at radius 1 is 1.00 bits per heavy atom. The average Bonchev–Trinajstić information content (AvgIpc) is 3.01. The van der Waals surface area contributed by atoms with E-state index in [2.05, 4.69) is 13.8 Å². The first-order chi connectivity index (χ1) is 10.9. The zero-order valence-corrected chi connectivity index (χ0v) is 14.1. The number of ether oxygens (including phenoxy) is 2. The van der Waals surface area contributed by atoms with Crippen molar-refractivity contribution in [2.75, 3.05) is 18.1 Å². The van der Waals surface area contributed by atoms with Gasteiger partial charge in [0.15, 0.2) is 11.5 Å². The predicted octanol–water partition coefficient (Wildman–Crippen LogP) is 3.36. The van der Waals surface area contributed by atoms with E-state index in [4.69, 9.17) is 9.47 Å². The minimum atomic E-state index is -3.61. The van der Waals surface area contributed by atoms with Crippen LogP contribution in [0.4, 0.5) is 5.69 Å². The summed E-state index contributed by atoms with van der Waals surface area (Å²) in [6.45, 7) is 4.30. The van der Waals surface area contributed by atoms with Crippen LogP contribution in [0.3, 0.4) is 0 Å². The van der Waals surface area contributed by atoms with E-state index in [9.17, 15) is 8.42 Å². The lowest BCUT2D eigenvalue weighted by atomic mass is 10.0. The van der Waals surface area contributed by atoms with E-state index in [0.717, 1.165) is 5.56 Å². The molecule has 3 rings (SSSR count). The molecule has 2 aromatic rings. The van der Waals surface area contributed by atoms with Crippen LogP contribution < -0.4 is 13.8 Å². The van der Waals surface area contributed by atoms with Crippen molar-refractivity contribution in [3.05, 3.63) is 48.0 Å². The number of fused-ring (bicyclic) bond motifs is 1. The molecule has 0 amide bonds. The topological polar surface area (TPSA) is 55.8 Å². The minimum absolute atomic E-state index is 0.159. The van der Waals surface area contributed by atoms with Crippen LogP contribution in [0.1, 0.15) is 25.3 Å². The molecule has 0 radical (unpaired) electrons. The maximum atomic E-state index is 12.8. The normalized spacial score (nSPS) is 13.4. The lowest BCUT2D eigenvalue weighted by molar-refractivity contribution is 0.174. The fourth-order valence-corrected chi connectivity index (χ4v) is 3.59. The second-order valence-corrected chi connectivity index (χ2v) is 7.70. The molecular formula is C17H19NO4S. The maximum Gasteiger partial charge on any atom is 0.264 e. The van der Waals surface area contributed by atoms with Crippen molar-refractivity contribution in [1.82, 2.24) is 0 Å². The van der Waals surface area contributed by atoms with E-state index in [0.29, 0.717) is 23.1 Å². The van der Waals surface area contributed by atoms with Gasteiger partial charge in [0, 0.05) is 13.1 Å². The molecule has 0 aromatic heterocycles. The van der Waals surface area contributed by atoms with E-state index >= 15 is 0 Å². The van der Waals surface area contributed by atoms with Gasteiger partial charge in [-0.2, -0.15) is 0 Å². The molecule has 1 heterocycles. The molecule has 0 bridgehead atoms. The SMILES string of the molecule is CC(C)c1ccc(S(=O)(=O)N(C)c2ccc3c(c2)OCO3)cc1. The molecule has 0 N–H and O–H groups in total. The highest BCUT2D eigenvalue weighted by Crippen LogP contribution is 2.36. The first-order valence-corrected chi connectivity index (χ1v) is 8.82. The molecule has 0 unspecified atom stereocenters. The van der Waals surface area contributed by atoms with E-state index in [1.165, 1.54) is 11.4 Å². The Morgan fingerprint density at radius 3 is 2.30 bits per heavy atom. The van der Waals surface area contributed by atoms with Gasteiger partial charge in [0.05, 0.1) is 10.6 Å². The average molecular weight is 333 g/mol. The number of hydrogen-bond acceptors (Lipinski definition) is 4. The van der Waals surface area contributed by atoms with E-state index in [1.54, 1.807) is 30.3 Å². The minimum Gasteiger partial charge on any atom is -0.454 e. The Kier molecular flexibility index (Phi) is 3.93. The van der Waals surface area contributed by atoms with Gasteiger partial charge in [-0.1, -0.05) is 26.0 Å². The van der Waals surface area contributed by atoms with Gasteiger partial charge in [-0.3, -0.25) is 4.31 Å². The van der Waals surface area contributed by atoms with Crippen LogP contribution in [0, 0.1) is 0 Å². The van der Waals surface area contributed by atoms with Gasteiger partial charge in [0.25, 0.3) is 10.0 Å². The molecule has 0 spiro atoms. The summed E-state index contributed by atoms with van der Waals surface area (Å²) in [7, 11) is -2.08. The molecule has 23 heavy (non-hydrogen) atoms. The van der Waals surface area contributed by atoms with Crippen LogP contribution >= 0.6 is 0 Å². The maximum absolute atomic E-state index is 12.8. The number of nitrogens with zero attached hydrogens (tertiary/aromatic N) is 1. The summed E-state index contributed by atoms with van der Waals surface area (Å²) in [6.07, 6.45) is 0. The van der Waals surface area contributed by atoms with Gasteiger partial charge in [-0.05, 0) is 35.7 Å². The molecule has 0 aliphatic carbocycles. The zero-order valence-electron chi connectivity index (χ0n) is 13.3. The van der Waals surface area contributed by atoms with Crippen molar-refractivity contribution in [2.45, 2.75) is 24.7 Å². The van der Waals surface area contributed by atoms with Gasteiger partial charge >= 0.3 is 0 Å². The Morgan fingerprint density at radius 2 is 1.65 bits per heavy atom. The summed E-state index contributed by atoms with van der Waals surface area (Å²) in [5.74, 6) is 1.54. The van der Waals surface area contributed by atoms with E-state index in [1.807, 2.05) is 12.1 Å². The summed E-state index contributed by atoms with van der Waals surface area (Å²) in [5.41, 5.74) is 1.64. The van der Waals surface area contributed by atoms with Gasteiger partial charge in [0.2, 0.25) is 6.79 Å². The number of sulfonamides is 1. The van der Waals surface area contributed by atoms with Crippen molar-refractivity contribution in [2.24, 2.45) is 0 Å². The fourth-order valence-electron chi connectivity index (χ4n) is 2.40. The van der Waals surface area contributed by atoms with Gasteiger partial charge in [-0.15, -0.1) is 0 Å². The molecule has 1 aliphatic heterocycles. The second kappa shape index (κ2) is 5.77. The number of anilines is 1. The smallest absolute Gasteiger partial charge is 0.264 e. The Labute approximate surface area is 136 Å². The molecule has 0 saturated heterocycles. The quantitative estimate of drug-likeness (QED) is 0.861. The first kappa shape index (κ1) is 15.7. The molecule has 0 saturated carbocycles. The van der Waals surface area contributed by atoms with Crippen LogP contribution in [0.15, 0.2) is 47.4 Å². The summed E-state index contributed by atoms with van der Waals surface area (Å²) in [6, 6.07) is 12.1. The van der Waals surface area contributed by atoms with Gasteiger partial charge < -0.3 is 9.47 Å². The molecule has 5 nitrogen and oxygen atoms in total. The monoisotopic (exact) mass is 333 g/mol. The lowest BCUT2D eigenvalue weighted by Gasteiger charge is -2.20. The Bertz CT molecular complexity index is 813. The predicted molar refractivity (Wildman–Crippen MR) is 88.7 cm³/mol. The number of benzene rings is 2. The molecule has 6 heteroatoms. The molecular weight excluding hydrogens is 314 g/mol. The second-order valence-electron chi connectivity index (χ2n) is 5.73. The van der Waals surface area contributed by atoms with E-state index < -0.39 is 10.0 Å². The fraction of sp³-hybridized carbons (Fsp3) is 0.294. The largest absolute Gasteiger partial charge is 0.454 e. The molecule has 0 fully saturated rings. The molecule has 1 aliphatic rings. The highest BCUT2D eigenvalue weighted by molar-refractivity contribution is 7.92. The van der Waals surface area contributed by atoms with Crippen molar-refractivity contribution >= 4 is 15.7 Å². The third-order valence-corrected chi connectivity index (χ3v) is 5.72. The van der Waals surface area contributed by atoms with Crippen molar-refractivity contribution in [3.8, 4) is 11.5 Å². The highest BCUT2D eigenvalue weighted by atomic mass is 32.2. The summed E-state index contributed by atoms with van der Waals surface area (Å²) < 4.78 is 37.3. The summed E-state index contributed by atoms with van der Waals surface area (Å²) >= 11 is 0.